The van der Waals surface area contributed by atoms with Gasteiger partial charge in [0.2, 0.25) is 5.91 Å². The SMILES string of the molecule is CCOc1ccc(Br)cc1CN(C(=O)CCN)C1CC1.Cl. The van der Waals surface area contributed by atoms with E-state index >= 15 is 0 Å². The van der Waals surface area contributed by atoms with E-state index in [9.17, 15) is 4.79 Å². The number of carbonyl (C=O) groups excluding carboxylic acids is 1. The Balaban J connectivity index is 0.00000220. The summed E-state index contributed by atoms with van der Waals surface area (Å²) in [6.45, 7) is 3.58. The van der Waals surface area contributed by atoms with Crippen molar-refractivity contribution in [2.24, 2.45) is 5.73 Å². The molecule has 118 valence electrons. The number of benzene rings is 1. The van der Waals surface area contributed by atoms with E-state index in [1.807, 2.05) is 30.0 Å². The summed E-state index contributed by atoms with van der Waals surface area (Å²) in [5.74, 6) is 0.985. The molecule has 0 aromatic heterocycles. The molecule has 6 heteroatoms. The van der Waals surface area contributed by atoms with E-state index in [2.05, 4.69) is 15.9 Å². The first-order valence-electron chi connectivity index (χ1n) is 7.06. The lowest BCUT2D eigenvalue weighted by molar-refractivity contribution is -0.132. The number of nitrogens with two attached hydrogens (primary N) is 1. The van der Waals surface area contributed by atoms with Gasteiger partial charge in [0.05, 0.1) is 6.61 Å². The Labute approximate surface area is 140 Å². The second kappa shape index (κ2) is 8.61. The van der Waals surface area contributed by atoms with Gasteiger partial charge in [-0.3, -0.25) is 4.79 Å². The van der Waals surface area contributed by atoms with Crippen molar-refractivity contribution in [3.63, 3.8) is 0 Å². The maximum absolute atomic E-state index is 12.2. The van der Waals surface area contributed by atoms with Gasteiger partial charge in [-0.25, -0.2) is 0 Å². The zero-order valence-corrected chi connectivity index (χ0v) is 14.6. The number of hydrogen-bond acceptors (Lipinski definition) is 3. The van der Waals surface area contributed by atoms with Crippen LogP contribution in [0.4, 0.5) is 0 Å². The fourth-order valence-electron chi connectivity index (χ4n) is 2.23. The average molecular weight is 378 g/mol. The maximum Gasteiger partial charge on any atom is 0.224 e. The van der Waals surface area contributed by atoms with Crippen LogP contribution in [0.1, 0.15) is 31.7 Å². The van der Waals surface area contributed by atoms with E-state index in [1.165, 1.54) is 0 Å². The molecule has 0 bridgehead atoms. The monoisotopic (exact) mass is 376 g/mol. The van der Waals surface area contributed by atoms with Crippen molar-refractivity contribution >= 4 is 34.2 Å². The van der Waals surface area contributed by atoms with E-state index in [1.54, 1.807) is 0 Å². The zero-order chi connectivity index (χ0) is 14.5. The minimum atomic E-state index is 0. The lowest BCUT2D eigenvalue weighted by atomic mass is 10.1. The first-order valence-corrected chi connectivity index (χ1v) is 7.85. The third-order valence-electron chi connectivity index (χ3n) is 3.33. The molecule has 0 heterocycles. The molecule has 1 aliphatic rings. The van der Waals surface area contributed by atoms with Crippen molar-refractivity contribution in [3.05, 3.63) is 28.2 Å². The molecule has 2 rings (SSSR count). The molecule has 1 aromatic carbocycles. The van der Waals surface area contributed by atoms with Crippen LogP contribution in [-0.2, 0) is 11.3 Å². The lowest BCUT2D eigenvalue weighted by Gasteiger charge is -2.24. The van der Waals surface area contributed by atoms with Gasteiger partial charge in [0, 0.05) is 35.6 Å². The lowest BCUT2D eigenvalue weighted by Crippen LogP contribution is -2.33. The first kappa shape index (κ1) is 18.3. The van der Waals surface area contributed by atoms with E-state index in [-0.39, 0.29) is 18.3 Å². The fourth-order valence-corrected chi connectivity index (χ4v) is 2.63. The summed E-state index contributed by atoms with van der Waals surface area (Å²) in [7, 11) is 0. The normalized spacial score (nSPS) is 13.5. The van der Waals surface area contributed by atoms with Gasteiger partial charge in [-0.15, -0.1) is 12.4 Å². The van der Waals surface area contributed by atoms with Gasteiger partial charge < -0.3 is 15.4 Å². The summed E-state index contributed by atoms with van der Waals surface area (Å²) in [5, 5.41) is 0. The highest BCUT2D eigenvalue weighted by Crippen LogP contribution is 2.32. The van der Waals surface area contributed by atoms with Gasteiger partial charge in [-0.05, 0) is 38.0 Å². The molecule has 2 N–H and O–H groups in total. The van der Waals surface area contributed by atoms with E-state index in [4.69, 9.17) is 10.5 Å². The van der Waals surface area contributed by atoms with E-state index < -0.39 is 0 Å². The molecule has 0 saturated heterocycles. The van der Waals surface area contributed by atoms with Crippen LogP contribution < -0.4 is 10.5 Å². The van der Waals surface area contributed by atoms with E-state index in [0.29, 0.717) is 32.2 Å². The quantitative estimate of drug-likeness (QED) is 0.794. The van der Waals surface area contributed by atoms with Gasteiger partial charge in [-0.2, -0.15) is 0 Å². The minimum absolute atomic E-state index is 0. The Morgan fingerprint density at radius 2 is 2.19 bits per heavy atom. The van der Waals surface area contributed by atoms with Crippen LogP contribution in [0.5, 0.6) is 5.75 Å². The molecule has 0 radical (unpaired) electrons. The van der Waals surface area contributed by atoms with E-state index in [0.717, 1.165) is 28.6 Å². The van der Waals surface area contributed by atoms with Crippen molar-refractivity contribution in [1.29, 1.82) is 0 Å². The highest BCUT2D eigenvalue weighted by molar-refractivity contribution is 9.10. The second-order valence-electron chi connectivity index (χ2n) is 4.98. The van der Waals surface area contributed by atoms with Crippen molar-refractivity contribution in [1.82, 2.24) is 4.90 Å². The summed E-state index contributed by atoms with van der Waals surface area (Å²) in [6, 6.07) is 6.30. The summed E-state index contributed by atoms with van der Waals surface area (Å²) in [4.78, 5) is 14.1. The molecule has 0 aliphatic heterocycles. The van der Waals surface area contributed by atoms with Crippen LogP contribution in [0.3, 0.4) is 0 Å². The molecule has 21 heavy (non-hydrogen) atoms. The zero-order valence-electron chi connectivity index (χ0n) is 12.2. The molecule has 1 fully saturated rings. The van der Waals surface area contributed by atoms with Gasteiger partial charge in [0.15, 0.2) is 0 Å². The molecule has 1 aliphatic carbocycles. The molecule has 1 saturated carbocycles. The van der Waals surface area contributed by atoms with Crippen LogP contribution >= 0.6 is 28.3 Å². The predicted octanol–water partition coefficient (Wildman–Crippen LogP) is 3.11. The predicted molar refractivity (Wildman–Crippen MR) is 89.8 cm³/mol. The minimum Gasteiger partial charge on any atom is -0.494 e. The molecule has 4 nitrogen and oxygen atoms in total. The van der Waals surface area contributed by atoms with Crippen LogP contribution in [-0.4, -0.2) is 30.0 Å². The molecule has 1 amide bonds. The molecule has 0 spiro atoms. The Morgan fingerprint density at radius 3 is 2.76 bits per heavy atom. The smallest absolute Gasteiger partial charge is 0.224 e. The highest BCUT2D eigenvalue weighted by Gasteiger charge is 2.32. The first-order chi connectivity index (χ1) is 9.65. The van der Waals surface area contributed by atoms with Crippen molar-refractivity contribution in [2.45, 2.75) is 38.8 Å². The fraction of sp³-hybridized carbons (Fsp3) is 0.533. The largest absolute Gasteiger partial charge is 0.494 e. The van der Waals surface area contributed by atoms with Crippen LogP contribution in [0.15, 0.2) is 22.7 Å². The second-order valence-corrected chi connectivity index (χ2v) is 5.89. The number of nitrogens with zero attached hydrogens (tertiary/aromatic N) is 1. The number of rotatable bonds is 7. The summed E-state index contributed by atoms with van der Waals surface area (Å²) >= 11 is 3.48. The molecule has 0 atom stereocenters. The van der Waals surface area contributed by atoms with Crippen LogP contribution in [0.2, 0.25) is 0 Å². The average Bonchev–Trinajstić information content (AvgIpc) is 3.23. The Bertz CT molecular complexity index is 481. The number of amides is 1. The van der Waals surface area contributed by atoms with Gasteiger partial charge >= 0.3 is 0 Å². The summed E-state index contributed by atoms with van der Waals surface area (Å²) < 4.78 is 6.65. The summed E-state index contributed by atoms with van der Waals surface area (Å²) in [6.07, 6.45) is 2.59. The van der Waals surface area contributed by atoms with Gasteiger partial charge in [-0.1, -0.05) is 15.9 Å². The third kappa shape index (κ3) is 5.16. The molecule has 0 unspecified atom stereocenters. The number of carbonyl (C=O) groups is 1. The number of halogens is 2. The van der Waals surface area contributed by atoms with Crippen LogP contribution in [0.25, 0.3) is 0 Å². The van der Waals surface area contributed by atoms with Crippen molar-refractivity contribution in [2.75, 3.05) is 13.2 Å². The van der Waals surface area contributed by atoms with Gasteiger partial charge in [0.1, 0.15) is 5.75 Å². The van der Waals surface area contributed by atoms with Gasteiger partial charge in [0.25, 0.3) is 0 Å². The molecular weight excluding hydrogens is 356 g/mol. The van der Waals surface area contributed by atoms with Crippen molar-refractivity contribution < 1.29 is 9.53 Å². The third-order valence-corrected chi connectivity index (χ3v) is 3.82. The van der Waals surface area contributed by atoms with Crippen molar-refractivity contribution in [3.8, 4) is 5.75 Å². The highest BCUT2D eigenvalue weighted by atomic mass is 79.9. The standard InChI is InChI=1S/C15H21BrN2O2.ClH/c1-2-20-14-6-3-12(16)9-11(14)10-18(13-4-5-13)15(19)7-8-17;/h3,6,9,13H,2,4-5,7-8,10,17H2,1H3;1H. The Hall–Kier alpha value is -0.780. The topological polar surface area (TPSA) is 55.6 Å². The summed E-state index contributed by atoms with van der Waals surface area (Å²) in [5.41, 5.74) is 6.54. The molecule has 1 aromatic rings. The van der Waals surface area contributed by atoms with Crippen LogP contribution in [0, 0.1) is 0 Å². The number of ether oxygens (including phenoxy) is 1. The Morgan fingerprint density at radius 1 is 1.48 bits per heavy atom. The number of hydrogen-bond donors (Lipinski definition) is 1. The maximum atomic E-state index is 12.2. The Kier molecular flexibility index (Phi) is 7.49. The molecular formula is C15H22BrClN2O2.